The Balaban J connectivity index is 1.86. The average molecular weight is 376 g/mol. The molecule has 0 saturated carbocycles. The van der Waals surface area contributed by atoms with Crippen LogP contribution in [0.5, 0.6) is 0 Å². The minimum Gasteiger partial charge on any atom is -0.268 e. The number of nitriles is 1. The average Bonchev–Trinajstić information content (AvgIpc) is 2.69. The van der Waals surface area contributed by atoms with Crippen LogP contribution >= 0.6 is 0 Å². The van der Waals surface area contributed by atoms with Crippen LogP contribution in [0.1, 0.15) is 5.56 Å². The van der Waals surface area contributed by atoms with E-state index in [1.807, 2.05) is 54.6 Å². The highest BCUT2D eigenvalue weighted by molar-refractivity contribution is 7.85. The van der Waals surface area contributed by atoms with Crippen LogP contribution in [-0.2, 0) is 14.4 Å². The van der Waals surface area contributed by atoms with E-state index in [0.29, 0.717) is 16.9 Å². The van der Waals surface area contributed by atoms with E-state index in [0.717, 1.165) is 22.9 Å². The summed E-state index contributed by atoms with van der Waals surface area (Å²) in [5, 5.41) is 13.1. The molecule has 134 valence electrons. The van der Waals surface area contributed by atoms with Crippen LogP contribution in [0, 0.1) is 11.3 Å². The standard InChI is InChI=1S/C21H16N2O3S/c1-27(24,25)26-23-20-13-11-19(12-14-20)21(15-22)18-9-7-17(8-10-18)16-5-3-2-4-6-16/h2-14H,1H3. The van der Waals surface area contributed by atoms with Gasteiger partial charge >= 0.3 is 10.1 Å². The van der Waals surface area contributed by atoms with Gasteiger partial charge in [0, 0.05) is 0 Å². The van der Waals surface area contributed by atoms with E-state index >= 15 is 0 Å². The zero-order chi connectivity index (χ0) is 19.3. The fourth-order valence-electron chi connectivity index (χ4n) is 2.56. The molecule has 3 rings (SSSR count). The zero-order valence-corrected chi connectivity index (χ0v) is 15.3. The Morgan fingerprint density at radius 1 is 0.926 bits per heavy atom. The van der Waals surface area contributed by atoms with Crippen molar-refractivity contribution in [1.29, 1.82) is 5.26 Å². The third-order valence-corrected chi connectivity index (χ3v) is 4.17. The number of allylic oxidation sites excluding steroid dienone is 6. The van der Waals surface area contributed by atoms with Gasteiger partial charge in [0.1, 0.15) is 11.8 Å². The number of hydrogen-bond donors (Lipinski definition) is 0. The highest BCUT2D eigenvalue weighted by Crippen LogP contribution is 2.25. The maximum atomic E-state index is 11.0. The second kappa shape index (κ2) is 7.85. The summed E-state index contributed by atoms with van der Waals surface area (Å²) in [5.74, 6) is 0. The molecule has 0 N–H and O–H groups in total. The van der Waals surface area contributed by atoms with Gasteiger partial charge < -0.3 is 0 Å². The van der Waals surface area contributed by atoms with E-state index < -0.39 is 10.1 Å². The van der Waals surface area contributed by atoms with Crippen molar-refractivity contribution < 1.29 is 12.7 Å². The topological polar surface area (TPSA) is 79.5 Å². The minimum absolute atomic E-state index is 0.348. The first-order valence-electron chi connectivity index (χ1n) is 8.09. The summed E-state index contributed by atoms with van der Waals surface area (Å²) in [6, 6.07) is 20.0. The van der Waals surface area contributed by atoms with E-state index in [2.05, 4.69) is 15.5 Å². The van der Waals surface area contributed by atoms with E-state index in [4.69, 9.17) is 0 Å². The predicted octanol–water partition coefficient (Wildman–Crippen LogP) is 4.09. The van der Waals surface area contributed by atoms with Crippen molar-refractivity contribution in [2.75, 3.05) is 6.26 Å². The van der Waals surface area contributed by atoms with Gasteiger partial charge in [0.2, 0.25) is 0 Å². The Labute approximate surface area is 158 Å². The molecular formula is C21H16N2O3S. The molecule has 5 nitrogen and oxygen atoms in total. The molecule has 0 atom stereocenters. The van der Waals surface area contributed by atoms with Crippen molar-refractivity contribution in [3.05, 3.63) is 90.0 Å². The normalized spacial score (nSPS) is 13.2. The number of nitrogens with zero attached hydrogens (tertiary/aromatic N) is 2. The van der Waals surface area contributed by atoms with Gasteiger partial charge in [-0.15, -0.1) is 0 Å². The van der Waals surface area contributed by atoms with Crippen molar-refractivity contribution in [2.24, 2.45) is 5.16 Å². The number of benzene rings is 2. The summed E-state index contributed by atoms with van der Waals surface area (Å²) in [5.41, 5.74) is 4.56. The van der Waals surface area contributed by atoms with Gasteiger partial charge in [0.15, 0.2) is 0 Å². The zero-order valence-electron chi connectivity index (χ0n) is 14.5. The molecule has 1 aliphatic carbocycles. The molecule has 1 aliphatic rings. The monoisotopic (exact) mass is 376 g/mol. The van der Waals surface area contributed by atoms with E-state index in [-0.39, 0.29) is 0 Å². The Morgan fingerprint density at radius 3 is 2.07 bits per heavy atom. The SMILES string of the molecule is CS(=O)(=O)ON=C1C=CC(=C(C#N)c2ccc(-c3ccccc3)cc2)C=C1. The lowest BCUT2D eigenvalue weighted by Crippen LogP contribution is -2.01. The maximum Gasteiger partial charge on any atom is 0.325 e. The lowest BCUT2D eigenvalue weighted by molar-refractivity contribution is 0.344. The van der Waals surface area contributed by atoms with Crippen molar-refractivity contribution in [3.63, 3.8) is 0 Å². The highest BCUT2D eigenvalue weighted by Gasteiger charge is 2.09. The summed E-state index contributed by atoms with van der Waals surface area (Å²) >= 11 is 0. The molecule has 0 spiro atoms. The predicted molar refractivity (Wildman–Crippen MR) is 106 cm³/mol. The molecule has 0 aromatic heterocycles. The quantitative estimate of drug-likeness (QED) is 0.595. The number of rotatable bonds is 4. The number of oxime groups is 1. The smallest absolute Gasteiger partial charge is 0.268 e. The summed E-state index contributed by atoms with van der Waals surface area (Å²) in [7, 11) is -3.65. The van der Waals surface area contributed by atoms with E-state index in [9.17, 15) is 13.7 Å². The van der Waals surface area contributed by atoms with Crippen molar-refractivity contribution in [2.45, 2.75) is 0 Å². The molecule has 2 aromatic carbocycles. The van der Waals surface area contributed by atoms with Gasteiger partial charge in [-0.05, 0) is 34.4 Å². The lowest BCUT2D eigenvalue weighted by Gasteiger charge is -2.08. The molecule has 2 aromatic rings. The Kier molecular flexibility index (Phi) is 5.34. The fraction of sp³-hybridized carbons (Fsp3) is 0.0476. The van der Waals surface area contributed by atoms with Gasteiger partial charge in [-0.1, -0.05) is 71.9 Å². The molecule has 0 amide bonds. The summed E-state index contributed by atoms with van der Waals surface area (Å²) < 4.78 is 26.4. The third-order valence-electron chi connectivity index (χ3n) is 3.83. The van der Waals surface area contributed by atoms with Gasteiger partial charge in [0.05, 0.1) is 11.8 Å². The van der Waals surface area contributed by atoms with Crippen molar-refractivity contribution in [3.8, 4) is 17.2 Å². The molecule has 0 unspecified atom stereocenters. The first-order valence-corrected chi connectivity index (χ1v) is 9.91. The van der Waals surface area contributed by atoms with Crippen LogP contribution in [0.4, 0.5) is 0 Å². The molecule has 0 bridgehead atoms. The summed E-state index contributed by atoms with van der Waals surface area (Å²) in [4.78, 5) is 0. The van der Waals surface area contributed by atoms with Crippen LogP contribution in [0.15, 0.2) is 89.6 Å². The van der Waals surface area contributed by atoms with Gasteiger partial charge in [-0.3, -0.25) is 4.28 Å². The first-order chi connectivity index (χ1) is 13.0. The lowest BCUT2D eigenvalue weighted by atomic mass is 9.95. The molecule has 27 heavy (non-hydrogen) atoms. The van der Waals surface area contributed by atoms with Crippen LogP contribution < -0.4 is 0 Å². The fourth-order valence-corrected chi connectivity index (χ4v) is 2.78. The second-order valence-corrected chi connectivity index (χ2v) is 7.40. The third kappa shape index (κ3) is 4.81. The summed E-state index contributed by atoms with van der Waals surface area (Å²) in [6.07, 6.45) is 7.51. The molecule has 0 aliphatic heterocycles. The number of hydrogen-bond acceptors (Lipinski definition) is 5. The maximum absolute atomic E-state index is 11.0. The minimum atomic E-state index is -3.65. The molecule has 0 radical (unpaired) electrons. The van der Waals surface area contributed by atoms with Crippen molar-refractivity contribution in [1.82, 2.24) is 0 Å². The molecule has 0 saturated heterocycles. The van der Waals surface area contributed by atoms with Crippen LogP contribution in [0.3, 0.4) is 0 Å². The molecule has 0 fully saturated rings. The Bertz CT molecular complexity index is 1080. The molecular weight excluding hydrogens is 360 g/mol. The largest absolute Gasteiger partial charge is 0.325 e. The van der Waals surface area contributed by atoms with E-state index in [1.54, 1.807) is 24.3 Å². The Hall–Kier alpha value is -3.43. The van der Waals surface area contributed by atoms with Crippen LogP contribution in [0.25, 0.3) is 16.7 Å². The summed E-state index contributed by atoms with van der Waals surface area (Å²) in [6.45, 7) is 0. The Morgan fingerprint density at radius 2 is 1.52 bits per heavy atom. The highest BCUT2D eigenvalue weighted by atomic mass is 32.2. The molecule has 6 heteroatoms. The molecule has 0 heterocycles. The van der Waals surface area contributed by atoms with Crippen LogP contribution in [-0.4, -0.2) is 20.4 Å². The van der Waals surface area contributed by atoms with E-state index in [1.165, 1.54) is 0 Å². The van der Waals surface area contributed by atoms with Gasteiger partial charge in [-0.25, -0.2) is 0 Å². The van der Waals surface area contributed by atoms with Crippen LogP contribution in [0.2, 0.25) is 0 Å². The second-order valence-electron chi connectivity index (χ2n) is 5.85. The first kappa shape index (κ1) is 18.4. The van der Waals surface area contributed by atoms with Gasteiger partial charge in [0.25, 0.3) is 0 Å². The van der Waals surface area contributed by atoms with Gasteiger partial charge in [-0.2, -0.15) is 13.7 Å². The van der Waals surface area contributed by atoms with Crippen molar-refractivity contribution >= 4 is 21.4 Å².